The molecule has 0 saturated heterocycles. The van der Waals surface area contributed by atoms with Crippen molar-refractivity contribution >= 4 is 17.6 Å². The first-order chi connectivity index (χ1) is 10.1. The van der Waals surface area contributed by atoms with Crippen LogP contribution in [0.3, 0.4) is 0 Å². The Balaban J connectivity index is 2.72. The minimum atomic E-state index is -0.411. The normalized spacial score (nSPS) is 12.6. The summed E-state index contributed by atoms with van der Waals surface area (Å²) in [5.74, 6) is -1.00. The molecule has 0 heterocycles. The molecule has 5 nitrogen and oxygen atoms in total. The first-order valence-corrected chi connectivity index (χ1v) is 7.16. The molecule has 0 fully saturated rings. The molecule has 1 amide bonds. The summed E-state index contributed by atoms with van der Waals surface area (Å²) in [5, 5.41) is 4.04. The third kappa shape index (κ3) is 5.38. The molecule has 1 rings (SSSR count). The van der Waals surface area contributed by atoms with Gasteiger partial charge in [0.1, 0.15) is 0 Å². The highest BCUT2D eigenvalue weighted by atomic mass is 16.5. The molecule has 0 aliphatic rings. The Labute approximate surface area is 125 Å². The average molecular weight is 290 g/mol. The van der Waals surface area contributed by atoms with Crippen LogP contribution in [0.4, 0.5) is 0 Å². The van der Waals surface area contributed by atoms with Gasteiger partial charge in [-0.2, -0.15) is 5.10 Å². The van der Waals surface area contributed by atoms with Crippen LogP contribution in [0.15, 0.2) is 35.4 Å². The van der Waals surface area contributed by atoms with Gasteiger partial charge in [-0.25, -0.2) is 5.43 Å². The zero-order chi connectivity index (χ0) is 15.7. The van der Waals surface area contributed by atoms with Crippen LogP contribution in [0.2, 0.25) is 0 Å². The number of nitrogens with one attached hydrogen (secondary N) is 1. The number of hydrazone groups is 1. The van der Waals surface area contributed by atoms with Crippen LogP contribution in [0, 0.1) is 5.92 Å². The number of benzene rings is 1. The fourth-order valence-corrected chi connectivity index (χ4v) is 1.90. The van der Waals surface area contributed by atoms with E-state index in [1.807, 2.05) is 13.0 Å². The van der Waals surface area contributed by atoms with Crippen molar-refractivity contribution in [2.24, 2.45) is 11.0 Å². The topological polar surface area (TPSA) is 67.8 Å². The Hall–Kier alpha value is -2.17. The molecule has 0 bridgehead atoms. The highest BCUT2D eigenvalue weighted by Gasteiger charge is 2.22. The Bertz CT molecular complexity index is 498. The van der Waals surface area contributed by atoms with E-state index in [-0.39, 0.29) is 11.9 Å². The van der Waals surface area contributed by atoms with Crippen LogP contribution in [-0.2, 0) is 9.53 Å². The quantitative estimate of drug-likeness (QED) is 0.477. The van der Waals surface area contributed by atoms with Crippen molar-refractivity contribution < 1.29 is 14.3 Å². The minimum Gasteiger partial charge on any atom is -0.465 e. The van der Waals surface area contributed by atoms with E-state index in [1.165, 1.54) is 0 Å². The molecule has 1 atom stereocenters. The van der Waals surface area contributed by atoms with Crippen LogP contribution < -0.4 is 5.43 Å². The number of rotatable bonds is 7. The summed E-state index contributed by atoms with van der Waals surface area (Å²) in [7, 11) is 0. The average Bonchev–Trinajstić information content (AvgIpc) is 2.51. The van der Waals surface area contributed by atoms with Crippen molar-refractivity contribution in [3.63, 3.8) is 0 Å². The minimum absolute atomic E-state index is 0.297. The van der Waals surface area contributed by atoms with Crippen molar-refractivity contribution in [3.05, 3.63) is 35.9 Å². The summed E-state index contributed by atoms with van der Waals surface area (Å²) < 4.78 is 5.04. The lowest BCUT2D eigenvalue weighted by atomic mass is 9.99. The zero-order valence-corrected chi connectivity index (χ0v) is 12.8. The van der Waals surface area contributed by atoms with Gasteiger partial charge in [-0.1, -0.05) is 31.5 Å². The lowest BCUT2D eigenvalue weighted by Crippen LogP contribution is -2.27. The van der Waals surface area contributed by atoms with E-state index in [0.29, 0.717) is 24.3 Å². The van der Waals surface area contributed by atoms with E-state index in [1.54, 1.807) is 38.1 Å². The van der Waals surface area contributed by atoms with Gasteiger partial charge in [-0.05, 0) is 32.4 Å². The standard InChI is InChI=1S/C16H22N2O3/c1-4-9-14(16(20)21-5-2)12(3)17-18-15(19)13-10-7-6-8-11-13/h6-8,10-11,14H,4-5,9H2,1-3H3,(H,18,19)/t14-/m0/s1. The molecule has 1 aromatic rings. The van der Waals surface area contributed by atoms with Gasteiger partial charge in [-0.3, -0.25) is 9.59 Å². The van der Waals surface area contributed by atoms with E-state index < -0.39 is 5.92 Å². The molecule has 0 unspecified atom stereocenters. The molecule has 1 N–H and O–H groups in total. The predicted octanol–water partition coefficient (Wildman–Crippen LogP) is 2.77. The Morgan fingerprint density at radius 2 is 1.90 bits per heavy atom. The molecule has 0 spiro atoms. The molecule has 0 aliphatic carbocycles. The lowest BCUT2D eigenvalue weighted by molar-refractivity contribution is -0.145. The summed E-state index contributed by atoms with van der Waals surface area (Å²) >= 11 is 0. The summed E-state index contributed by atoms with van der Waals surface area (Å²) in [6.07, 6.45) is 1.48. The van der Waals surface area contributed by atoms with E-state index >= 15 is 0 Å². The lowest BCUT2D eigenvalue weighted by Gasteiger charge is -2.14. The molecular weight excluding hydrogens is 268 g/mol. The van der Waals surface area contributed by atoms with Crippen molar-refractivity contribution in [1.29, 1.82) is 0 Å². The van der Waals surface area contributed by atoms with Gasteiger partial charge in [0.2, 0.25) is 0 Å². The summed E-state index contributed by atoms with van der Waals surface area (Å²) in [6, 6.07) is 8.81. The highest BCUT2D eigenvalue weighted by Crippen LogP contribution is 2.11. The van der Waals surface area contributed by atoms with E-state index in [0.717, 1.165) is 6.42 Å². The SMILES string of the molecule is CCC[C@H](C(=O)OCC)C(C)=NNC(=O)c1ccccc1. The molecule has 0 radical (unpaired) electrons. The van der Waals surface area contributed by atoms with Crippen molar-refractivity contribution in [2.75, 3.05) is 6.61 Å². The van der Waals surface area contributed by atoms with Gasteiger partial charge in [0.15, 0.2) is 0 Å². The van der Waals surface area contributed by atoms with Crippen LogP contribution >= 0.6 is 0 Å². The molecule has 0 aliphatic heterocycles. The Morgan fingerprint density at radius 3 is 2.48 bits per heavy atom. The van der Waals surface area contributed by atoms with Gasteiger partial charge >= 0.3 is 5.97 Å². The van der Waals surface area contributed by atoms with Crippen LogP contribution in [0.25, 0.3) is 0 Å². The Morgan fingerprint density at radius 1 is 1.24 bits per heavy atom. The third-order valence-electron chi connectivity index (χ3n) is 3.02. The number of hydrogen-bond acceptors (Lipinski definition) is 4. The maximum absolute atomic E-state index is 11.9. The number of hydrogen-bond donors (Lipinski definition) is 1. The Kier molecular flexibility index (Phi) is 7.15. The second kappa shape index (κ2) is 8.89. The largest absolute Gasteiger partial charge is 0.465 e. The van der Waals surface area contributed by atoms with E-state index in [4.69, 9.17) is 4.74 Å². The zero-order valence-electron chi connectivity index (χ0n) is 12.8. The highest BCUT2D eigenvalue weighted by molar-refractivity contribution is 6.02. The molecular formula is C16H22N2O3. The summed E-state index contributed by atoms with van der Waals surface area (Å²) in [5.41, 5.74) is 3.56. The van der Waals surface area contributed by atoms with E-state index in [9.17, 15) is 9.59 Å². The number of amides is 1. The number of carbonyl (C=O) groups is 2. The number of ether oxygens (including phenoxy) is 1. The first kappa shape index (κ1) is 16.9. The molecule has 0 saturated carbocycles. The second-order valence-electron chi connectivity index (χ2n) is 4.65. The fraction of sp³-hybridized carbons (Fsp3) is 0.438. The third-order valence-corrected chi connectivity index (χ3v) is 3.02. The van der Waals surface area contributed by atoms with Crippen LogP contribution in [0.1, 0.15) is 44.0 Å². The van der Waals surface area contributed by atoms with Gasteiger partial charge < -0.3 is 4.74 Å². The van der Waals surface area contributed by atoms with Crippen LogP contribution in [0.5, 0.6) is 0 Å². The second-order valence-corrected chi connectivity index (χ2v) is 4.65. The molecule has 1 aromatic carbocycles. The maximum Gasteiger partial charge on any atom is 0.314 e. The van der Waals surface area contributed by atoms with E-state index in [2.05, 4.69) is 10.5 Å². The molecule has 114 valence electrons. The smallest absolute Gasteiger partial charge is 0.314 e. The molecule has 5 heteroatoms. The predicted molar refractivity (Wildman–Crippen MR) is 82.0 cm³/mol. The van der Waals surface area contributed by atoms with Crippen molar-refractivity contribution in [2.45, 2.75) is 33.6 Å². The fourth-order valence-electron chi connectivity index (χ4n) is 1.90. The number of carbonyl (C=O) groups excluding carboxylic acids is 2. The number of nitrogens with zero attached hydrogens (tertiary/aromatic N) is 1. The van der Waals surface area contributed by atoms with Gasteiger partial charge in [0, 0.05) is 11.3 Å². The van der Waals surface area contributed by atoms with Gasteiger partial charge in [0.05, 0.1) is 12.5 Å². The van der Waals surface area contributed by atoms with Crippen molar-refractivity contribution in [1.82, 2.24) is 5.43 Å². The first-order valence-electron chi connectivity index (χ1n) is 7.16. The molecule has 0 aromatic heterocycles. The molecule has 21 heavy (non-hydrogen) atoms. The summed E-state index contributed by atoms with van der Waals surface area (Å²) in [6.45, 7) is 5.82. The van der Waals surface area contributed by atoms with Gasteiger partial charge in [-0.15, -0.1) is 0 Å². The monoisotopic (exact) mass is 290 g/mol. The maximum atomic E-state index is 11.9. The van der Waals surface area contributed by atoms with Crippen LogP contribution in [-0.4, -0.2) is 24.2 Å². The summed E-state index contributed by atoms with van der Waals surface area (Å²) in [4.78, 5) is 23.8. The van der Waals surface area contributed by atoms with Gasteiger partial charge in [0.25, 0.3) is 5.91 Å². The van der Waals surface area contributed by atoms with Crippen molar-refractivity contribution in [3.8, 4) is 0 Å². The number of esters is 1.